The molecule has 3 nitrogen and oxygen atoms in total. The number of amides is 1. The Morgan fingerprint density at radius 1 is 1.40 bits per heavy atom. The second-order valence-corrected chi connectivity index (χ2v) is 7.94. The molecule has 0 spiro atoms. The third-order valence-electron chi connectivity index (χ3n) is 6.07. The van der Waals surface area contributed by atoms with E-state index in [9.17, 15) is 4.79 Å². The van der Waals surface area contributed by atoms with Gasteiger partial charge in [-0.1, -0.05) is 20.8 Å². The van der Waals surface area contributed by atoms with E-state index < -0.39 is 0 Å². The fourth-order valence-corrected chi connectivity index (χ4v) is 4.56. The third-order valence-corrected chi connectivity index (χ3v) is 6.50. The minimum absolute atomic E-state index is 0.00613. The lowest BCUT2D eigenvalue weighted by Crippen LogP contribution is -2.46. The first-order valence-electron chi connectivity index (χ1n) is 7.26. The summed E-state index contributed by atoms with van der Waals surface area (Å²) in [6.45, 7) is 7.05. The molecule has 1 amide bonds. The van der Waals surface area contributed by atoms with Crippen molar-refractivity contribution < 1.29 is 4.79 Å². The summed E-state index contributed by atoms with van der Waals surface area (Å²) in [6, 6.07) is 2.10. The van der Waals surface area contributed by atoms with Crippen molar-refractivity contribution in [2.45, 2.75) is 46.1 Å². The zero-order valence-electron chi connectivity index (χ0n) is 12.2. The number of pyridine rings is 1. The largest absolute Gasteiger partial charge is 0.349 e. The van der Waals surface area contributed by atoms with Gasteiger partial charge >= 0.3 is 0 Å². The maximum Gasteiger partial charge on any atom is 0.253 e. The van der Waals surface area contributed by atoms with Gasteiger partial charge in [0.15, 0.2) is 0 Å². The average Bonchev–Trinajstić information content (AvgIpc) is 2.72. The van der Waals surface area contributed by atoms with Crippen molar-refractivity contribution in [2.75, 3.05) is 0 Å². The second-order valence-electron chi connectivity index (χ2n) is 7.03. The molecule has 4 heteroatoms. The van der Waals surface area contributed by atoms with Crippen LogP contribution < -0.4 is 5.32 Å². The van der Waals surface area contributed by atoms with Gasteiger partial charge in [0.05, 0.1) is 5.56 Å². The maximum atomic E-state index is 12.4. The van der Waals surface area contributed by atoms with E-state index in [-0.39, 0.29) is 17.4 Å². The molecule has 20 heavy (non-hydrogen) atoms. The van der Waals surface area contributed by atoms with Gasteiger partial charge < -0.3 is 5.32 Å². The summed E-state index contributed by atoms with van der Waals surface area (Å²) in [7, 11) is 0. The number of carbonyl (C=O) groups is 1. The highest BCUT2D eigenvalue weighted by molar-refractivity contribution is 9.10. The van der Waals surface area contributed by atoms with Crippen molar-refractivity contribution in [3.63, 3.8) is 0 Å². The molecule has 0 aliphatic heterocycles. The van der Waals surface area contributed by atoms with Crippen LogP contribution in [0.2, 0.25) is 0 Å². The summed E-state index contributed by atoms with van der Waals surface area (Å²) in [5.41, 5.74) is 1.16. The number of nitrogens with one attached hydrogen (secondary N) is 1. The van der Waals surface area contributed by atoms with Crippen molar-refractivity contribution in [2.24, 2.45) is 16.7 Å². The lowest BCUT2D eigenvalue weighted by Gasteiger charge is -2.39. The molecule has 1 aromatic rings. The fraction of sp³-hybridized carbons (Fsp3) is 0.625. The molecule has 0 saturated heterocycles. The second kappa shape index (κ2) is 4.55. The number of carbonyl (C=O) groups excluding carboxylic acids is 1. The normalized spacial score (nSPS) is 34.2. The van der Waals surface area contributed by atoms with Crippen molar-refractivity contribution in [3.8, 4) is 0 Å². The lowest BCUT2D eigenvalue weighted by molar-refractivity contribution is 0.0825. The molecule has 3 atom stereocenters. The molecule has 2 aliphatic carbocycles. The van der Waals surface area contributed by atoms with Crippen LogP contribution in [0, 0.1) is 16.7 Å². The van der Waals surface area contributed by atoms with Crippen LogP contribution in [0.25, 0.3) is 0 Å². The topological polar surface area (TPSA) is 42.0 Å². The van der Waals surface area contributed by atoms with Crippen LogP contribution in [-0.2, 0) is 0 Å². The standard InChI is InChI=1S/C16H21BrN2O/c1-15(2)11-4-5-16(15,3)13(7-11)19-14(20)10-6-12(17)9-18-8-10/h6,8-9,11,13H,4-5,7H2,1-3H3,(H,19,20). The minimum Gasteiger partial charge on any atom is -0.349 e. The van der Waals surface area contributed by atoms with Crippen molar-refractivity contribution in [1.82, 2.24) is 10.3 Å². The van der Waals surface area contributed by atoms with Crippen LogP contribution in [0.5, 0.6) is 0 Å². The quantitative estimate of drug-likeness (QED) is 0.892. The first-order valence-corrected chi connectivity index (χ1v) is 8.05. The number of fused-ring (bicyclic) bond motifs is 2. The highest BCUT2D eigenvalue weighted by Gasteiger charge is 2.61. The first-order chi connectivity index (χ1) is 9.34. The molecule has 2 fully saturated rings. The van der Waals surface area contributed by atoms with E-state index in [4.69, 9.17) is 0 Å². The van der Waals surface area contributed by atoms with Gasteiger partial charge in [0, 0.05) is 22.9 Å². The first kappa shape index (κ1) is 14.1. The molecule has 3 rings (SSSR count). The molecular formula is C16H21BrN2O. The lowest BCUT2D eigenvalue weighted by atomic mass is 9.69. The van der Waals surface area contributed by atoms with Crippen LogP contribution >= 0.6 is 15.9 Å². The van der Waals surface area contributed by atoms with E-state index in [1.807, 2.05) is 6.07 Å². The number of nitrogens with zero attached hydrogens (tertiary/aromatic N) is 1. The van der Waals surface area contributed by atoms with Gasteiger partial charge in [-0.2, -0.15) is 0 Å². The molecule has 2 bridgehead atoms. The molecule has 0 aromatic carbocycles. The smallest absolute Gasteiger partial charge is 0.253 e. The number of aromatic nitrogens is 1. The SMILES string of the molecule is CC1(C)C2CCC1(C)C(NC(=O)c1cncc(Br)c1)C2. The van der Waals surface area contributed by atoms with E-state index in [1.54, 1.807) is 12.4 Å². The van der Waals surface area contributed by atoms with Crippen molar-refractivity contribution in [3.05, 3.63) is 28.5 Å². The molecule has 0 radical (unpaired) electrons. The van der Waals surface area contributed by atoms with E-state index in [0.29, 0.717) is 11.0 Å². The summed E-state index contributed by atoms with van der Waals surface area (Å²) in [5, 5.41) is 3.25. The Morgan fingerprint density at radius 3 is 2.70 bits per heavy atom. The molecule has 1 aromatic heterocycles. The van der Waals surface area contributed by atoms with Gasteiger partial charge in [0.1, 0.15) is 0 Å². The van der Waals surface area contributed by atoms with Gasteiger partial charge in [-0.25, -0.2) is 0 Å². The maximum absolute atomic E-state index is 12.4. The summed E-state index contributed by atoms with van der Waals surface area (Å²) in [4.78, 5) is 16.5. The van der Waals surface area contributed by atoms with Gasteiger partial charge in [-0.15, -0.1) is 0 Å². The molecule has 2 saturated carbocycles. The van der Waals surface area contributed by atoms with Gasteiger partial charge in [-0.05, 0) is 58.0 Å². The van der Waals surface area contributed by atoms with Gasteiger partial charge in [-0.3, -0.25) is 9.78 Å². The highest BCUT2D eigenvalue weighted by atomic mass is 79.9. The zero-order valence-corrected chi connectivity index (χ0v) is 13.8. The molecule has 2 aliphatic rings. The fourth-order valence-electron chi connectivity index (χ4n) is 4.20. The van der Waals surface area contributed by atoms with E-state index in [0.717, 1.165) is 16.8 Å². The van der Waals surface area contributed by atoms with Crippen LogP contribution in [0.15, 0.2) is 22.9 Å². The number of hydrogen-bond donors (Lipinski definition) is 1. The molecule has 3 unspecified atom stereocenters. The summed E-state index contributed by atoms with van der Waals surface area (Å²) in [5.74, 6) is 0.729. The van der Waals surface area contributed by atoms with Crippen LogP contribution in [0.4, 0.5) is 0 Å². The van der Waals surface area contributed by atoms with Crippen molar-refractivity contribution >= 4 is 21.8 Å². The van der Waals surface area contributed by atoms with Gasteiger partial charge in [0.2, 0.25) is 0 Å². The third kappa shape index (κ3) is 1.92. The summed E-state index contributed by atoms with van der Waals surface area (Å²) < 4.78 is 0.838. The van der Waals surface area contributed by atoms with Crippen molar-refractivity contribution in [1.29, 1.82) is 0 Å². The van der Waals surface area contributed by atoms with E-state index >= 15 is 0 Å². The molecule has 1 N–H and O–H groups in total. The predicted molar refractivity (Wildman–Crippen MR) is 82.4 cm³/mol. The van der Waals surface area contributed by atoms with Crippen LogP contribution in [-0.4, -0.2) is 16.9 Å². The average molecular weight is 337 g/mol. The Hall–Kier alpha value is -0.900. The number of rotatable bonds is 2. The minimum atomic E-state index is -0.00613. The van der Waals surface area contributed by atoms with Crippen LogP contribution in [0.3, 0.4) is 0 Å². The Morgan fingerprint density at radius 2 is 2.15 bits per heavy atom. The molecular weight excluding hydrogens is 316 g/mol. The highest BCUT2D eigenvalue weighted by Crippen LogP contribution is 2.65. The predicted octanol–water partition coefficient (Wildman–Crippen LogP) is 3.79. The summed E-state index contributed by atoms with van der Waals surface area (Å²) in [6.07, 6.45) is 6.94. The van der Waals surface area contributed by atoms with E-state index in [2.05, 4.69) is 47.0 Å². The zero-order chi connectivity index (χ0) is 14.5. The molecule has 1 heterocycles. The summed E-state index contributed by atoms with van der Waals surface area (Å²) >= 11 is 3.36. The Labute approximate surface area is 128 Å². The Bertz CT molecular complexity index is 557. The Balaban J connectivity index is 1.78. The number of halogens is 1. The number of hydrogen-bond acceptors (Lipinski definition) is 2. The van der Waals surface area contributed by atoms with Gasteiger partial charge in [0.25, 0.3) is 5.91 Å². The Kier molecular flexibility index (Phi) is 3.20. The van der Waals surface area contributed by atoms with E-state index in [1.165, 1.54) is 12.8 Å². The molecule has 108 valence electrons. The van der Waals surface area contributed by atoms with Crippen LogP contribution in [0.1, 0.15) is 50.4 Å². The monoisotopic (exact) mass is 336 g/mol.